The highest BCUT2D eigenvalue weighted by Gasteiger charge is 2.13. The highest BCUT2D eigenvalue weighted by Crippen LogP contribution is 2.18. The van der Waals surface area contributed by atoms with Crippen molar-refractivity contribution in [3.05, 3.63) is 70.0 Å². The van der Waals surface area contributed by atoms with Gasteiger partial charge in [-0.2, -0.15) is 0 Å². The minimum absolute atomic E-state index is 0.105. The van der Waals surface area contributed by atoms with Gasteiger partial charge in [0.25, 0.3) is 5.69 Å². The lowest BCUT2D eigenvalue weighted by atomic mass is 10.2. The van der Waals surface area contributed by atoms with Crippen molar-refractivity contribution in [1.29, 1.82) is 0 Å². The van der Waals surface area contributed by atoms with Crippen molar-refractivity contribution in [3.8, 4) is 5.75 Å². The van der Waals surface area contributed by atoms with E-state index >= 15 is 0 Å². The molecule has 5 nitrogen and oxygen atoms in total. The molecule has 6 heteroatoms. The number of halogens is 1. The number of hydrogen-bond donors (Lipinski definition) is 0. The number of benzene rings is 2. The number of para-hydroxylation sites is 1. The van der Waals surface area contributed by atoms with E-state index in [1.165, 1.54) is 48.5 Å². The first-order valence-corrected chi connectivity index (χ1v) is 5.29. The first kappa shape index (κ1) is 12.7. The van der Waals surface area contributed by atoms with Crippen LogP contribution in [0.2, 0.25) is 0 Å². The number of carbonyl (C=O) groups excluding carboxylic acids is 1. The van der Waals surface area contributed by atoms with Crippen molar-refractivity contribution in [3.63, 3.8) is 0 Å². The van der Waals surface area contributed by atoms with Crippen LogP contribution in [0, 0.1) is 15.9 Å². The van der Waals surface area contributed by atoms with Crippen molar-refractivity contribution >= 4 is 11.7 Å². The average molecular weight is 261 g/mol. The standard InChI is InChI=1S/C13H8FNO4/c14-11-3-1-2-4-12(11)19-13(16)9-5-7-10(8-6-9)15(17)18/h1-8H. The smallest absolute Gasteiger partial charge is 0.343 e. The number of esters is 1. The molecule has 0 unspecified atom stereocenters. The second kappa shape index (κ2) is 5.26. The Balaban J connectivity index is 2.16. The molecule has 2 rings (SSSR count). The Morgan fingerprint density at radius 2 is 1.74 bits per heavy atom. The molecule has 0 saturated heterocycles. The third-order valence-electron chi connectivity index (χ3n) is 2.35. The molecular formula is C13H8FNO4. The molecule has 0 amide bonds. The van der Waals surface area contributed by atoms with Crippen LogP contribution in [-0.2, 0) is 0 Å². The molecule has 0 atom stereocenters. The van der Waals surface area contributed by atoms with Gasteiger partial charge in [0.1, 0.15) is 0 Å². The van der Waals surface area contributed by atoms with Crippen LogP contribution in [0.5, 0.6) is 5.75 Å². The molecule has 0 spiro atoms. The predicted octanol–water partition coefficient (Wildman–Crippen LogP) is 2.95. The van der Waals surface area contributed by atoms with Gasteiger partial charge in [0.05, 0.1) is 10.5 Å². The first-order valence-electron chi connectivity index (χ1n) is 5.29. The number of nitro groups is 1. The SMILES string of the molecule is O=C(Oc1ccccc1F)c1ccc([N+](=O)[O-])cc1. The first-order chi connectivity index (χ1) is 9.08. The summed E-state index contributed by atoms with van der Waals surface area (Å²) < 4.78 is 18.1. The van der Waals surface area contributed by atoms with Crippen LogP contribution in [0.25, 0.3) is 0 Å². The number of nitrogens with zero attached hydrogens (tertiary/aromatic N) is 1. The molecule has 0 aliphatic rings. The van der Waals surface area contributed by atoms with Crippen LogP contribution in [-0.4, -0.2) is 10.9 Å². The Kier molecular flexibility index (Phi) is 3.51. The summed E-state index contributed by atoms with van der Waals surface area (Å²) in [7, 11) is 0. The highest BCUT2D eigenvalue weighted by molar-refractivity contribution is 5.91. The van der Waals surface area contributed by atoms with E-state index in [4.69, 9.17) is 4.74 Å². The Bertz CT molecular complexity index is 625. The maximum Gasteiger partial charge on any atom is 0.343 e. The predicted molar refractivity (Wildman–Crippen MR) is 64.5 cm³/mol. The van der Waals surface area contributed by atoms with Crippen LogP contribution < -0.4 is 4.74 Å². The van der Waals surface area contributed by atoms with E-state index in [0.717, 1.165) is 0 Å². The lowest BCUT2D eigenvalue weighted by Gasteiger charge is -2.04. The van der Waals surface area contributed by atoms with E-state index < -0.39 is 16.7 Å². The van der Waals surface area contributed by atoms with E-state index in [2.05, 4.69) is 0 Å². The molecule has 0 aliphatic carbocycles. The maximum atomic E-state index is 13.3. The fourth-order valence-corrected chi connectivity index (χ4v) is 1.41. The van der Waals surface area contributed by atoms with E-state index in [-0.39, 0.29) is 17.0 Å². The van der Waals surface area contributed by atoms with Crippen molar-refractivity contribution in [2.45, 2.75) is 0 Å². The molecule has 19 heavy (non-hydrogen) atoms. The third-order valence-corrected chi connectivity index (χ3v) is 2.35. The quantitative estimate of drug-likeness (QED) is 0.368. The van der Waals surface area contributed by atoms with E-state index in [1.807, 2.05) is 0 Å². The van der Waals surface area contributed by atoms with Crippen LogP contribution in [0.3, 0.4) is 0 Å². The van der Waals surface area contributed by atoms with Gasteiger partial charge in [-0.25, -0.2) is 9.18 Å². The third kappa shape index (κ3) is 2.92. The second-order valence-electron chi connectivity index (χ2n) is 3.62. The van der Waals surface area contributed by atoms with Crippen LogP contribution >= 0.6 is 0 Å². The molecular weight excluding hydrogens is 253 g/mol. The van der Waals surface area contributed by atoms with Gasteiger partial charge in [-0.3, -0.25) is 10.1 Å². The number of non-ortho nitro benzene ring substituents is 1. The Hall–Kier alpha value is -2.76. The summed E-state index contributed by atoms with van der Waals surface area (Å²) in [6.45, 7) is 0. The molecule has 0 fully saturated rings. The summed E-state index contributed by atoms with van der Waals surface area (Å²) >= 11 is 0. The Morgan fingerprint density at radius 1 is 1.11 bits per heavy atom. The topological polar surface area (TPSA) is 69.4 Å². The maximum absolute atomic E-state index is 13.3. The van der Waals surface area contributed by atoms with E-state index in [1.54, 1.807) is 0 Å². The van der Waals surface area contributed by atoms with Crippen LogP contribution in [0.15, 0.2) is 48.5 Å². The minimum atomic E-state index is -0.778. The zero-order valence-corrected chi connectivity index (χ0v) is 9.58. The fourth-order valence-electron chi connectivity index (χ4n) is 1.41. The van der Waals surface area contributed by atoms with E-state index in [9.17, 15) is 19.3 Å². The van der Waals surface area contributed by atoms with Gasteiger partial charge in [0.15, 0.2) is 11.6 Å². The molecule has 0 heterocycles. The van der Waals surface area contributed by atoms with Gasteiger partial charge >= 0.3 is 5.97 Å². The summed E-state index contributed by atoms with van der Waals surface area (Å²) in [5.41, 5.74) is -0.0312. The van der Waals surface area contributed by atoms with Crippen LogP contribution in [0.4, 0.5) is 10.1 Å². The summed E-state index contributed by atoms with van der Waals surface area (Å²) in [4.78, 5) is 21.6. The Labute approximate surface area is 107 Å². The number of nitro benzene ring substituents is 1. The van der Waals surface area contributed by atoms with Gasteiger partial charge < -0.3 is 4.74 Å². The molecule has 0 aliphatic heterocycles. The summed E-state index contributed by atoms with van der Waals surface area (Å²) in [6, 6.07) is 10.3. The molecule has 0 aromatic heterocycles. The molecule has 2 aromatic carbocycles. The second-order valence-corrected chi connectivity index (χ2v) is 3.62. The average Bonchev–Trinajstić information content (AvgIpc) is 2.41. The number of ether oxygens (including phenoxy) is 1. The summed E-state index contributed by atoms with van der Waals surface area (Å²) in [5.74, 6) is -1.62. The molecule has 2 aromatic rings. The Morgan fingerprint density at radius 3 is 2.32 bits per heavy atom. The fraction of sp³-hybridized carbons (Fsp3) is 0. The lowest BCUT2D eigenvalue weighted by molar-refractivity contribution is -0.384. The van der Waals surface area contributed by atoms with E-state index in [0.29, 0.717) is 0 Å². The zero-order chi connectivity index (χ0) is 13.8. The number of rotatable bonds is 3. The molecule has 0 bridgehead atoms. The van der Waals surface area contributed by atoms with Crippen molar-refractivity contribution in [2.24, 2.45) is 0 Å². The number of hydrogen-bond acceptors (Lipinski definition) is 4. The van der Waals surface area contributed by atoms with Gasteiger partial charge in [0.2, 0.25) is 0 Å². The molecule has 0 N–H and O–H groups in total. The normalized spacial score (nSPS) is 9.95. The van der Waals surface area contributed by atoms with Crippen molar-refractivity contribution in [1.82, 2.24) is 0 Å². The minimum Gasteiger partial charge on any atom is -0.420 e. The monoisotopic (exact) mass is 261 g/mol. The van der Waals surface area contributed by atoms with Gasteiger partial charge in [0, 0.05) is 12.1 Å². The lowest BCUT2D eigenvalue weighted by Crippen LogP contribution is -2.09. The molecule has 0 saturated carbocycles. The summed E-state index contributed by atoms with van der Waals surface area (Å²) in [6.07, 6.45) is 0. The van der Waals surface area contributed by atoms with Gasteiger partial charge in [-0.05, 0) is 24.3 Å². The summed E-state index contributed by atoms with van der Waals surface area (Å²) in [5, 5.41) is 10.5. The largest absolute Gasteiger partial charge is 0.420 e. The highest BCUT2D eigenvalue weighted by atomic mass is 19.1. The van der Waals surface area contributed by atoms with Gasteiger partial charge in [-0.15, -0.1) is 0 Å². The van der Waals surface area contributed by atoms with Crippen molar-refractivity contribution in [2.75, 3.05) is 0 Å². The molecule has 96 valence electrons. The van der Waals surface area contributed by atoms with Gasteiger partial charge in [-0.1, -0.05) is 12.1 Å². The molecule has 0 radical (unpaired) electrons. The van der Waals surface area contributed by atoms with Crippen LogP contribution in [0.1, 0.15) is 10.4 Å². The zero-order valence-electron chi connectivity index (χ0n) is 9.58. The number of carbonyl (C=O) groups is 1. The van der Waals surface area contributed by atoms with Crippen molar-refractivity contribution < 1.29 is 18.8 Å².